The van der Waals surface area contributed by atoms with Crippen molar-refractivity contribution in [1.29, 1.82) is 0 Å². The molecule has 24 heavy (non-hydrogen) atoms. The predicted molar refractivity (Wildman–Crippen MR) is 81.7 cm³/mol. The summed E-state index contributed by atoms with van der Waals surface area (Å²) in [6.07, 6.45) is 0.0635. The van der Waals surface area contributed by atoms with Gasteiger partial charge in [-0.2, -0.15) is 13.2 Å². The van der Waals surface area contributed by atoms with Gasteiger partial charge in [0.25, 0.3) is 0 Å². The summed E-state index contributed by atoms with van der Waals surface area (Å²) >= 11 is 0. The highest BCUT2D eigenvalue weighted by molar-refractivity contribution is 5.82. The lowest BCUT2D eigenvalue weighted by atomic mass is 9.71. The van der Waals surface area contributed by atoms with Crippen molar-refractivity contribution in [1.82, 2.24) is 0 Å². The number of fused-ring (bicyclic) bond motifs is 2. The number of Topliss-reactive ketones (excluding diaryl/α,β-unsaturated/α-hetero) is 1. The molecule has 130 valence electrons. The Hall–Kier alpha value is -1.66. The van der Waals surface area contributed by atoms with Crippen LogP contribution in [0.5, 0.6) is 0 Å². The molecule has 1 saturated carbocycles. The van der Waals surface area contributed by atoms with E-state index in [-0.39, 0.29) is 23.7 Å². The molecule has 2 bridgehead atoms. The standard InChI is InChI=1S/C18H19F3O3/c1-11-15(22)9-14-10-16(11)23-24-17(14,2)8-7-12-3-5-13(6-4-12)18(19,20)21/h3-8,11,14,16H,9-10H2,1-2H3/b8-7+/t11-,14+,16+,17-/m0/s1. The van der Waals surface area contributed by atoms with E-state index < -0.39 is 17.3 Å². The lowest BCUT2D eigenvalue weighted by Gasteiger charge is -2.45. The second-order valence-corrected chi connectivity index (χ2v) is 6.75. The molecule has 0 amide bonds. The third-order valence-electron chi connectivity index (χ3n) is 5.04. The first-order chi connectivity index (χ1) is 11.2. The molecule has 2 fully saturated rings. The fourth-order valence-electron chi connectivity index (χ4n) is 3.21. The van der Waals surface area contributed by atoms with Gasteiger partial charge in [0.2, 0.25) is 0 Å². The molecular weight excluding hydrogens is 321 g/mol. The summed E-state index contributed by atoms with van der Waals surface area (Å²) < 4.78 is 37.7. The molecule has 1 aromatic rings. The van der Waals surface area contributed by atoms with Crippen LogP contribution in [0.2, 0.25) is 0 Å². The Morgan fingerprint density at radius 2 is 1.92 bits per heavy atom. The number of hydrogen-bond acceptors (Lipinski definition) is 3. The quantitative estimate of drug-likeness (QED) is 0.748. The molecule has 0 N–H and O–H groups in total. The summed E-state index contributed by atoms with van der Waals surface area (Å²) in [5.41, 5.74) is -0.821. The molecule has 3 rings (SSSR count). The lowest BCUT2D eigenvalue weighted by molar-refractivity contribution is -0.415. The molecule has 1 aliphatic heterocycles. The molecule has 3 nitrogen and oxygen atoms in total. The normalized spacial score (nSPS) is 33.9. The van der Waals surface area contributed by atoms with Gasteiger partial charge in [-0.3, -0.25) is 4.79 Å². The van der Waals surface area contributed by atoms with E-state index in [4.69, 9.17) is 9.78 Å². The third-order valence-corrected chi connectivity index (χ3v) is 5.04. The fourth-order valence-corrected chi connectivity index (χ4v) is 3.21. The van der Waals surface area contributed by atoms with Gasteiger partial charge >= 0.3 is 6.18 Å². The molecule has 0 unspecified atom stereocenters. The Kier molecular flexibility index (Phi) is 4.30. The predicted octanol–water partition coefficient (Wildman–Crippen LogP) is 4.42. The van der Waals surface area contributed by atoms with E-state index >= 15 is 0 Å². The van der Waals surface area contributed by atoms with E-state index in [9.17, 15) is 18.0 Å². The summed E-state index contributed by atoms with van der Waals surface area (Å²) in [7, 11) is 0. The second-order valence-electron chi connectivity index (χ2n) is 6.75. The highest BCUT2D eigenvalue weighted by Gasteiger charge is 2.48. The average molecular weight is 340 g/mol. The first-order valence-electron chi connectivity index (χ1n) is 7.93. The second kappa shape index (κ2) is 6.01. The van der Waals surface area contributed by atoms with Crippen LogP contribution in [0.15, 0.2) is 30.3 Å². The van der Waals surface area contributed by atoms with Gasteiger partial charge < -0.3 is 0 Å². The van der Waals surface area contributed by atoms with Crippen molar-refractivity contribution in [3.8, 4) is 0 Å². The van der Waals surface area contributed by atoms with Crippen LogP contribution in [0.3, 0.4) is 0 Å². The van der Waals surface area contributed by atoms with Gasteiger partial charge in [0.15, 0.2) is 0 Å². The number of carbonyl (C=O) groups is 1. The van der Waals surface area contributed by atoms with E-state index in [0.29, 0.717) is 12.0 Å². The van der Waals surface area contributed by atoms with E-state index in [1.807, 2.05) is 13.8 Å². The number of alkyl halides is 3. The molecule has 0 spiro atoms. The summed E-state index contributed by atoms with van der Waals surface area (Å²) in [4.78, 5) is 22.9. The van der Waals surface area contributed by atoms with Gasteiger partial charge in [-0.15, -0.1) is 0 Å². The maximum absolute atomic E-state index is 12.6. The zero-order chi connectivity index (χ0) is 17.5. The minimum atomic E-state index is -4.34. The van der Waals surface area contributed by atoms with Crippen molar-refractivity contribution in [3.05, 3.63) is 41.5 Å². The molecule has 4 atom stereocenters. The smallest absolute Gasteiger partial charge is 0.299 e. The number of carbonyl (C=O) groups excluding carboxylic acids is 1. The van der Waals surface area contributed by atoms with Gasteiger partial charge in [-0.05, 0) is 37.1 Å². The number of ketones is 1. The van der Waals surface area contributed by atoms with Gasteiger partial charge in [-0.25, -0.2) is 9.78 Å². The summed E-state index contributed by atoms with van der Waals surface area (Å²) in [5, 5.41) is 0. The third kappa shape index (κ3) is 3.26. The largest absolute Gasteiger partial charge is 0.416 e. The van der Waals surface area contributed by atoms with Crippen LogP contribution in [0.4, 0.5) is 13.2 Å². The minimum absolute atomic E-state index is 0.00523. The highest BCUT2D eigenvalue weighted by atomic mass is 19.4. The van der Waals surface area contributed by atoms with Crippen molar-refractivity contribution < 1.29 is 27.7 Å². The Bertz CT molecular complexity index is 650. The van der Waals surface area contributed by atoms with Gasteiger partial charge in [0.05, 0.1) is 5.56 Å². The molecule has 0 radical (unpaired) electrons. The van der Waals surface area contributed by atoms with Crippen molar-refractivity contribution in [3.63, 3.8) is 0 Å². The summed E-state index contributed by atoms with van der Waals surface area (Å²) in [6, 6.07) is 4.90. The van der Waals surface area contributed by atoms with Crippen LogP contribution in [-0.2, 0) is 20.7 Å². The number of benzene rings is 1. The zero-order valence-corrected chi connectivity index (χ0v) is 13.5. The van der Waals surface area contributed by atoms with Gasteiger partial charge in [-0.1, -0.05) is 25.1 Å². The topological polar surface area (TPSA) is 35.5 Å². The summed E-state index contributed by atoms with van der Waals surface area (Å²) in [6.45, 7) is 3.67. The maximum Gasteiger partial charge on any atom is 0.416 e. The van der Waals surface area contributed by atoms with Gasteiger partial charge in [0, 0.05) is 18.3 Å². The van der Waals surface area contributed by atoms with E-state index in [0.717, 1.165) is 18.6 Å². The first-order valence-corrected chi connectivity index (χ1v) is 7.93. The highest BCUT2D eigenvalue weighted by Crippen LogP contribution is 2.43. The van der Waals surface area contributed by atoms with Crippen LogP contribution in [0.1, 0.15) is 37.8 Å². The molecular formula is C18H19F3O3. The van der Waals surface area contributed by atoms with Crippen molar-refractivity contribution >= 4 is 11.9 Å². The van der Waals surface area contributed by atoms with Crippen molar-refractivity contribution in [2.45, 2.75) is 44.6 Å². The Morgan fingerprint density at radius 3 is 2.54 bits per heavy atom. The van der Waals surface area contributed by atoms with Crippen LogP contribution in [0, 0.1) is 11.8 Å². The monoisotopic (exact) mass is 340 g/mol. The number of halogens is 3. The van der Waals surface area contributed by atoms with Crippen molar-refractivity contribution in [2.24, 2.45) is 11.8 Å². The minimum Gasteiger partial charge on any atom is -0.299 e. The van der Waals surface area contributed by atoms with E-state index in [1.165, 1.54) is 12.1 Å². The van der Waals surface area contributed by atoms with Crippen LogP contribution >= 0.6 is 0 Å². The van der Waals surface area contributed by atoms with Crippen molar-refractivity contribution in [2.75, 3.05) is 0 Å². The number of hydrogen-bond donors (Lipinski definition) is 0. The van der Waals surface area contributed by atoms with E-state index in [2.05, 4.69) is 0 Å². The molecule has 1 aliphatic carbocycles. The van der Waals surface area contributed by atoms with Gasteiger partial charge in [0.1, 0.15) is 17.5 Å². The molecule has 1 saturated heterocycles. The SMILES string of the molecule is C[C@H]1C(=O)C[C@@H]2C[C@H]1OO[C@@]2(C)/C=C/c1ccc(C(F)(F)F)cc1. The average Bonchev–Trinajstić information content (AvgIpc) is 2.53. The molecule has 2 aliphatic rings. The van der Waals surface area contributed by atoms with Crippen LogP contribution < -0.4 is 0 Å². The molecule has 6 heteroatoms. The Labute approximate surface area is 138 Å². The molecule has 0 aromatic heterocycles. The first kappa shape index (κ1) is 17.2. The zero-order valence-electron chi connectivity index (χ0n) is 13.5. The fraction of sp³-hybridized carbons (Fsp3) is 0.500. The van der Waals surface area contributed by atoms with Crippen LogP contribution in [-0.4, -0.2) is 17.5 Å². The number of rotatable bonds is 2. The Morgan fingerprint density at radius 1 is 1.25 bits per heavy atom. The maximum atomic E-state index is 12.6. The Balaban J connectivity index is 1.75. The van der Waals surface area contributed by atoms with Crippen LogP contribution in [0.25, 0.3) is 6.08 Å². The lowest BCUT2D eigenvalue weighted by Crippen LogP contribution is -2.51. The summed E-state index contributed by atoms with van der Waals surface area (Å²) in [5.74, 6) is 0.00375. The van der Waals surface area contributed by atoms with E-state index in [1.54, 1.807) is 12.2 Å². The molecule has 1 heterocycles. The molecule has 1 aromatic carbocycles.